The maximum Gasteiger partial charge on any atom is 0.0384 e. The minimum atomic E-state index is 1.06. The second-order valence-electron chi connectivity index (χ2n) is 9.62. The van der Waals surface area contributed by atoms with Gasteiger partial charge in [-0.05, 0) is 81.9 Å². The van der Waals surface area contributed by atoms with Gasteiger partial charge in [0, 0.05) is 22.7 Å². The van der Waals surface area contributed by atoms with Crippen molar-refractivity contribution < 1.29 is 0 Å². The van der Waals surface area contributed by atoms with Gasteiger partial charge in [-0.25, -0.2) is 0 Å². The molecule has 40 heavy (non-hydrogen) atoms. The Kier molecular flexibility index (Phi) is 7.50. The number of hydrogen-bond acceptors (Lipinski definition) is 2. The van der Waals surface area contributed by atoms with Crippen molar-refractivity contribution in [1.29, 1.82) is 0 Å². The van der Waals surface area contributed by atoms with E-state index >= 15 is 0 Å². The van der Waals surface area contributed by atoms with Gasteiger partial charge in [0.2, 0.25) is 0 Å². The molecule has 0 saturated heterocycles. The SMILES string of the molecule is c1ccc(Nc2ccc(/C(=C(\c3ccccc3)c3ccc(Nc4ccccc4)cc3)c3ccccc3)cc2)cc1. The van der Waals surface area contributed by atoms with Crippen LogP contribution >= 0.6 is 0 Å². The molecular formula is C38H30N2. The quantitative estimate of drug-likeness (QED) is 0.197. The molecule has 192 valence electrons. The largest absolute Gasteiger partial charge is 0.356 e. The number of hydrogen-bond donors (Lipinski definition) is 2. The molecule has 0 amide bonds. The Hall–Kier alpha value is -5.34. The normalized spacial score (nSPS) is 11.4. The van der Waals surface area contributed by atoms with E-state index in [1.165, 1.54) is 22.3 Å². The fourth-order valence-electron chi connectivity index (χ4n) is 4.94. The van der Waals surface area contributed by atoms with Gasteiger partial charge in [-0.3, -0.25) is 0 Å². The van der Waals surface area contributed by atoms with Crippen molar-refractivity contribution in [2.45, 2.75) is 0 Å². The molecule has 2 nitrogen and oxygen atoms in total. The van der Waals surface area contributed by atoms with Crippen molar-refractivity contribution >= 4 is 33.9 Å². The number of rotatable bonds is 8. The van der Waals surface area contributed by atoms with Crippen LogP contribution in [-0.4, -0.2) is 0 Å². The Bertz CT molecular complexity index is 1540. The molecule has 0 bridgehead atoms. The Balaban J connectivity index is 1.46. The smallest absolute Gasteiger partial charge is 0.0384 e. The molecule has 0 spiro atoms. The van der Waals surface area contributed by atoms with Crippen LogP contribution in [0.4, 0.5) is 22.7 Å². The van der Waals surface area contributed by atoms with E-state index in [-0.39, 0.29) is 0 Å². The monoisotopic (exact) mass is 514 g/mol. The zero-order valence-corrected chi connectivity index (χ0v) is 22.2. The summed E-state index contributed by atoms with van der Waals surface area (Å²) in [6, 6.07) is 59.3. The fourth-order valence-corrected chi connectivity index (χ4v) is 4.94. The summed E-state index contributed by atoms with van der Waals surface area (Å²) >= 11 is 0. The van der Waals surface area contributed by atoms with Gasteiger partial charge in [0.25, 0.3) is 0 Å². The van der Waals surface area contributed by atoms with Crippen LogP contribution in [0.25, 0.3) is 11.1 Å². The van der Waals surface area contributed by atoms with Gasteiger partial charge in [0.05, 0.1) is 0 Å². The topological polar surface area (TPSA) is 24.1 Å². The Labute approximate surface area is 236 Å². The van der Waals surface area contributed by atoms with Crippen molar-refractivity contribution in [1.82, 2.24) is 0 Å². The van der Waals surface area contributed by atoms with Gasteiger partial charge < -0.3 is 10.6 Å². The standard InChI is InChI=1S/C38H30N2/c1-5-13-29(14-6-1)37(31-21-25-35(26-22-31)39-33-17-9-3-10-18-33)38(30-15-7-2-8-16-30)32-23-27-36(28-24-32)40-34-19-11-4-12-20-34/h1-28,39-40H/b38-37+. The Morgan fingerprint density at radius 2 is 0.500 bits per heavy atom. The average Bonchev–Trinajstić information content (AvgIpc) is 3.03. The molecule has 0 aliphatic heterocycles. The van der Waals surface area contributed by atoms with Crippen LogP contribution in [0.1, 0.15) is 22.3 Å². The third-order valence-electron chi connectivity index (χ3n) is 6.85. The van der Waals surface area contributed by atoms with Gasteiger partial charge in [0.1, 0.15) is 0 Å². The minimum absolute atomic E-state index is 1.06. The molecule has 0 aliphatic carbocycles. The Morgan fingerprint density at radius 3 is 0.825 bits per heavy atom. The molecule has 6 aromatic carbocycles. The highest BCUT2D eigenvalue weighted by Crippen LogP contribution is 2.37. The van der Waals surface area contributed by atoms with Crippen LogP contribution in [0.2, 0.25) is 0 Å². The van der Waals surface area contributed by atoms with Crippen LogP contribution < -0.4 is 10.6 Å². The van der Waals surface area contributed by atoms with Gasteiger partial charge in [0.15, 0.2) is 0 Å². The molecular weight excluding hydrogens is 484 g/mol. The van der Waals surface area contributed by atoms with E-state index in [0.29, 0.717) is 0 Å². The highest BCUT2D eigenvalue weighted by atomic mass is 14.9. The first-order valence-corrected chi connectivity index (χ1v) is 13.5. The van der Waals surface area contributed by atoms with Crippen molar-refractivity contribution in [2.75, 3.05) is 10.6 Å². The predicted octanol–water partition coefficient (Wildman–Crippen LogP) is 10.2. The van der Waals surface area contributed by atoms with Crippen LogP contribution in [0.15, 0.2) is 170 Å². The minimum Gasteiger partial charge on any atom is -0.356 e. The maximum atomic E-state index is 3.51. The molecule has 0 atom stereocenters. The summed E-state index contributed by atoms with van der Waals surface area (Å²) in [6.45, 7) is 0. The summed E-state index contributed by atoms with van der Waals surface area (Å²) in [5.74, 6) is 0. The first kappa shape index (κ1) is 25.0. The lowest BCUT2D eigenvalue weighted by atomic mass is 9.85. The fraction of sp³-hybridized carbons (Fsp3) is 0. The molecule has 6 rings (SSSR count). The molecule has 0 fully saturated rings. The molecule has 0 radical (unpaired) electrons. The summed E-state index contributed by atoms with van der Waals surface area (Å²) in [4.78, 5) is 0. The first-order valence-electron chi connectivity index (χ1n) is 13.5. The van der Waals surface area contributed by atoms with Crippen LogP contribution in [-0.2, 0) is 0 Å². The molecule has 0 aliphatic rings. The second kappa shape index (κ2) is 12.0. The highest BCUT2D eigenvalue weighted by molar-refractivity contribution is 6.04. The average molecular weight is 515 g/mol. The van der Waals surface area contributed by atoms with E-state index < -0.39 is 0 Å². The molecule has 6 aromatic rings. The van der Waals surface area contributed by atoms with E-state index in [2.05, 4.69) is 144 Å². The number of benzene rings is 6. The van der Waals surface area contributed by atoms with Crippen molar-refractivity contribution in [2.24, 2.45) is 0 Å². The molecule has 0 saturated carbocycles. The zero-order chi connectivity index (χ0) is 27.0. The molecule has 2 N–H and O–H groups in total. The summed E-state index contributed by atoms with van der Waals surface area (Å²) in [6.07, 6.45) is 0. The van der Waals surface area contributed by atoms with E-state index in [1.807, 2.05) is 36.4 Å². The van der Waals surface area contributed by atoms with Crippen LogP contribution in [0.3, 0.4) is 0 Å². The maximum absolute atomic E-state index is 3.51. The third kappa shape index (κ3) is 5.87. The number of anilines is 4. The van der Waals surface area contributed by atoms with Crippen LogP contribution in [0, 0.1) is 0 Å². The highest BCUT2D eigenvalue weighted by Gasteiger charge is 2.16. The van der Waals surface area contributed by atoms with Crippen molar-refractivity contribution in [3.8, 4) is 0 Å². The van der Waals surface area contributed by atoms with E-state index in [9.17, 15) is 0 Å². The summed E-state index contributed by atoms with van der Waals surface area (Å²) in [5.41, 5.74) is 11.3. The molecule has 0 heterocycles. The van der Waals surface area contributed by atoms with Gasteiger partial charge >= 0.3 is 0 Å². The molecule has 0 aromatic heterocycles. The molecule has 2 heteroatoms. The summed E-state index contributed by atoms with van der Waals surface area (Å²) in [7, 11) is 0. The van der Waals surface area contributed by atoms with Gasteiger partial charge in [-0.1, -0.05) is 121 Å². The van der Waals surface area contributed by atoms with E-state index in [4.69, 9.17) is 0 Å². The lowest BCUT2D eigenvalue weighted by Crippen LogP contribution is -1.98. The van der Waals surface area contributed by atoms with Gasteiger partial charge in [-0.15, -0.1) is 0 Å². The lowest BCUT2D eigenvalue weighted by molar-refractivity contribution is 1.48. The first-order chi connectivity index (χ1) is 19.8. The zero-order valence-electron chi connectivity index (χ0n) is 22.2. The predicted molar refractivity (Wildman–Crippen MR) is 170 cm³/mol. The van der Waals surface area contributed by atoms with Crippen LogP contribution in [0.5, 0.6) is 0 Å². The third-order valence-corrected chi connectivity index (χ3v) is 6.85. The lowest BCUT2D eigenvalue weighted by Gasteiger charge is -2.19. The summed E-state index contributed by atoms with van der Waals surface area (Å²) < 4.78 is 0. The Morgan fingerprint density at radius 1 is 0.250 bits per heavy atom. The number of nitrogens with one attached hydrogen (secondary N) is 2. The summed E-state index contributed by atoms with van der Waals surface area (Å²) in [5, 5.41) is 7.01. The molecule has 0 unspecified atom stereocenters. The van der Waals surface area contributed by atoms with E-state index in [1.54, 1.807) is 0 Å². The van der Waals surface area contributed by atoms with Crippen molar-refractivity contribution in [3.63, 3.8) is 0 Å². The second-order valence-corrected chi connectivity index (χ2v) is 9.62. The van der Waals surface area contributed by atoms with E-state index in [0.717, 1.165) is 33.9 Å². The number of para-hydroxylation sites is 2. The van der Waals surface area contributed by atoms with Gasteiger partial charge in [-0.2, -0.15) is 0 Å². The van der Waals surface area contributed by atoms with Crippen molar-refractivity contribution in [3.05, 3.63) is 192 Å².